The van der Waals surface area contributed by atoms with E-state index >= 15 is 0 Å². The fourth-order valence-electron chi connectivity index (χ4n) is 3.17. The number of hydrogen-bond donors (Lipinski definition) is 1. The van der Waals surface area contributed by atoms with Gasteiger partial charge in [-0.25, -0.2) is 0 Å². The van der Waals surface area contributed by atoms with Crippen molar-refractivity contribution in [2.24, 2.45) is 5.92 Å². The van der Waals surface area contributed by atoms with Crippen molar-refractivity contribution in [2.75, 3.05) is 26.2 Å². The van der Waals surface area contributed by atoms with E-state index in [0.29, 0.717) is 0 Å². The van der Waals surface area contributed by atoms with Gasteiger partial charge in [-0.15, -0.1) is 0 Å². The van der Waals surface area contributed by atoms with Crippen molar-refractivity contribution < 1.29 is 0 Å². The largest absolute Gasteiger partial charge is 0.316 e. The monoisotopic (exact) mass is 278 g/mol. The average Bonchev–Trinajstić information content (AvgIpc) is 2.79. The lowest BCUT2D eigenvalue weighted by Crippen LogP contribution is -2.39. The number of nitrogens with zero attached hydrogens (tertiary/aromatic N) is 3. The van der Waals surface area contributed by atoms with Crippen LogP contribution in [0.4, 0.5) is 0 Å². The molecule has 1 aliphatic heterocycles. The highest BCUT2D eigenvalue weighted by Gasteiger charge is 2.20. The van der Waals surface area contributed by atoms with Crippen LogP contribution in [0.15, 0.2) is 6.07 Å². The van der Waals surface area contributed by atoms with E-state index in [9.17, 15) is 0 Å². The molecular weight excluding hydrogens is 248 g/mol. The van der Waals surface area contributed by atoms with E-state index in [1.54, 1.807) is 0 Å². The summed E-state index contributed by atoms with van der Waals surface area (Å²) in [7, 11) is 0. The molecule has 1 saturated heterocycles. The van der Waals surface area contributed by atoms with Crippen LogP contribution >= 0.6 is 0 Å². The Morgan fingerprint density at radius 2 is 2.25 bits per heavy atom. The fourth-order valence-corrected chi connectivity index (χ4v) is 3.17. The quantitative estimate of drug-likeness (QED) is 0.778. The number of aromatic nitrogens is 2. The standard InChI is InChI=1S/C16H30N4/c1-4-8-17-11-15-7-6-9-19(12-15)13-16-10-14(3)18-20(16)5-2/h10,15,17H,4-9,11-13H2,1-3H3. The average molecular weight is 278 g/mol. The zero-order chi connectivity index (χ0) is 14.4. The van der Waals surface area contributed by atoms with Gasteiger partial charge in [-0.1, -0.05) is 6.92 Å². The van der Waals surface area contributed by atoms with Crippen LogP contribution < -0.4 is 5.32 Å². The topological polar surface area (TPSA) is 33.1 Å². The number of rotatable bonds is 7. The molecule has 0 saturated carbocycles. The maximum absolute atomic E-state index is 4.55. The third-order valence-electron chi connectivity index (χ3n) is 4.13. The van der Waals surface area contributed by atoms with Gasteiger partial charge in [0.15, 0.2) is 0 Å². The van der Waals surface area contributed by atoms with E-state index in [1.165, 1.54) is 44.6 Å². The van der Waals surface area contributed by atoms with E-state index in [4.69, 9.17) is 0 Å². The van der Waals surface area contributed by atoms with Gasteiger partial charge in [-0.05, 0) is 64.7 Å². The number of nitrogens with one attached hydrogen (secondary N) is 1. The molecule has 1 aromatic rings. The molecule has 0 bridgehead atoms. The molecule has 114 valence electrons. The molecule has 1 aromatic heterocycles. The van der Waals surface area contributed by atoms with Crippen molar-refractivity contribution in [2.45, 2.75) is 53.1 Å². The summed E-state index contributed by atoms with van der Waals surface area (Å²) >= 11 is 0. The van der Waals surface area contributed by atoms with Crippen molar-refractivity contribution in [3.8, 4) is 0 Å². The molecule has 20 heavy (non-hydrogen) atoms. The maximum atomic E-state index is 4.55. The van der Waals surface area contributed by atoms with Crippen LogP contribution in [0.3, 0.4) is 0 Å². The first-order chi connectivity index (χ1) is 9.72. The smallest absolute Gasteiger partial charge is 0.0597 e. The van der Waals surface area contributed by atoms with Crippen molar-refractivity contribution in [1.82, 2.24) is 20.0 Å². The molecule has 1 aliphatic rings. The molecule has 0 aromatic carbocycles. The predicted octanol–water partition coefficient (Wildman–Crippen LogP) is 2.42. The summed E-state index contributed by atoms with van der Waals surface area (Å²) in [6, 6.07) is 2.24. The molecule has 4 nitrogen and oxygen atoms in total. The summed E-state index contributed by atoms with van der Waals surface area (Å²) in [5.41, 5.74) is 2.51. The van der Waals surface area contributed by atoms with Gasteiger partial charge in [0.1, 0.15) is 0 Å². The Morgan fingerprint density at radius 3 is 3.00 bits per heavy atom. The first-order valence-electron chi connectivity index (χ1n) is 8.19. The second kappa shape index (κ2) is 7.79. The summed E-state index contributed by atoms with van der Waals surface area (Å²) in [6.45, 7) is 13.3. The van der Waals surface area contributed by atoms with Crippen LogP contribution in [-0.2, 0) is 13.1 Å². The Balaban J connectivity index is 1.85. The lowest BCUT2D eigenvalue weighted by molar-refractivity contribution is 0.161. The molecular formula is C16H30N4. The van der Waals surface area contributed by atoms with Gasteiger partial charge in [-0.2, -0.15) is 5.10 Å². The number of piperidine rings is 1. The second-order valence-corrected chi connectivity index (χ2v) is 6.04. The van der Waals surface area contributed by atoms with Crippen molar-refractivity contribution in [1.29, 1.82) is 0 Å². The van der Waals surface area contributed by atoms with E-state index in [-0.39, 0.29) is 0 Å². The normalized spacial score (nSPS) is 20.4. The Hall–Kier alpha value is -0.870. The van der Waals surface area contributed by atoms with Crippen LogP contribution in [0.5, 0.6) is 0 Å². The van der Waals surface area contributed by atoms with E-state index in [1.807, 2.05) is 0 Å². The van der Waals surface area contributed by atoms with Gasteiger partial charge in [0, 0.05) is 19.6 Å². The molecule has 0 spiro atoms. The zero-order valence-corrected chi connectivity index (χ0v) is 13.4. The Labute approximate surface area is 123 Å². The van der Waals surface area contributed by atoms with Crippen LogP contribution in [0.1, 0.15) is 44.5 Å². The summed E-state index contributed by atoms with van der Waals surface area (Å²) in [5, 5.41) is 8.12. The van der Waals surface area contributed by atoms with Gasteiger partial charge in [-0.3, -0.25) is 9.58 Å². The minimum atomic E-state index is 0.814. The second-order valence-electron chi connectivity index (χ2n) is 6.04. The van der Waals surface area contributed by atoms with Gasteiger partial charge < -0.3 is 5.32 Å². The van der Waals surface area contributed by atoms with Gasteiger partial charge in [0.25, 0.3) is 0 Å². The van der Waals surface area contributed by atoms with Crippen LogP contribution in [0.2, 0.25) is 0 Å². The number of hydrogen-bond acceptors (Lipinski definition) is 3. The van der Waals surface area contributed by atoms with Crippen LogP contribution in [0, 0.1) is 12.8 Å². The van der Waals surface area contributed by atoms with Crippen LogP contribution in [0.25, 0.3) is 0 Å². The molecule has 1 N–H and O–H groups in total. The highest BCUT2D eigenvalue weighted by Crippen LogP contribution is 2.18. The molecule has 0 radical (unpaired) electrons. The van der Waals surface area contributed by atoms with Crippen LogP contribution in [-0.4, -0.2) is 40.9 Å². The molecule has 0 aliphatic carbocycles. The lowest BCUT2D eigenvalue weighted by atomic mass is 9.98. The molecule has 1 atom stereocenters. The summed E-state index contributed by atoms with van der Waals surface area (Å²) in [6.07, 6.45) is 3.93. The fraction of sp³-hybridized carbons (Fsp3) is 0.812. The summed E-state index contributed by atoms with van der Waals surface area (Å²) < 4.78 is 2.15. The SMILES string of the molecule is CCCNCC1CCCN(Cc2cc(C)nn2CC)C1. The highest BCUT2D eigenvalue weighted by molar-refractivity contribution is 5.09. The minimum absolute atomic E-state index is 0.814. The number of likely N-dealkylation sites (tertiary alicyclic amines) is 1. The van der Waals surface area contributed by atoms with Crippen molar-refractivity contribution in [3.05, 3.63) is 17.5 Å². The van der Waals surface area contributed by atoms with Gasteiger partial charge in [0.2, 0.25) is 0 Å². The Morgan fingerprint density at radius 1 is 1.40 bits per heavy atom. The molecule has 4 heteroatoms. The minimum Gasteiger partial charge on any atom is -0.316 e. The lowest BCUT2D eigenvalue weighted by Gasteiger charge is -2.32. The highest BCUT2D eigenvalue weighted by atomic mass is 15.3. The van der Waals surface area contributed by atoms with E-state index < -0.39 is 0 Å². The third kappa shape index (κ3) is 4.32. The Bertz CT molecular complexity index is 399. The molecule has 2 rings (SSSR count). The molecule has 1 fully saturated rings. The Kier molecular flexibility index (Phi) is 6.05. The third-order valence-corrected chi connectivity index (χ3v) is 4.13. The zero-order valence-electron chi connectivity index (χ0n) is 13.4. The first kappa shape index (κ1) is 15.5. The first-order valence-corrected chi connectivity index (χ1v) is 8.19. The molecule has 0 amide bonds. The van der Waals surface area contributed by atoms with E-state index in [2.05, 4.69) is 46.8 Å². The van der Waals surface area contributed by atoms with E-state index in [0.717, 1.165) is 31.2 Å². The summed E-state index contributed by atoms with van der Waals surface area (Å²) in [5.74, 6) is 0.814. The molecule has 1 unspecified atom stereocenters. The van der Waals surface area contributed by atoms with Gasteiger partial charge in [0.05, 0.1) is 11.4 Å². The maximum Gasteiger partial charge on any atom is 0.0597 e. The predicted molar refractivity (Wildman–Crippen MR) is 83.8 cm³/mol. The van der Waals surface area contributed by atoms with Crippen molar-refractivity contribution >= 4 is 0 Å². The van der Waals surface area contributed by atoms with Crippen molar-refractivity contribution in [3.63, 3.8) is 0 Å². The molecule has 2 heterocycles. The number of aryl methyl sites for hydroxylation is 2. The summed E-state index contributed by atoms with van der Waals surface area (Å²) in [4.78, 5) is 2.60. The van der Waals surface area contributed by atoms with Gasteiger partial charge >= 0.3 is 0 Å².